The van der Waals surface area contributed by atoms with Gasteiger partial charge in [-0.15, -0.1) is 6.42 Å². The van der Waals surface area contributed by atoms with Crippen LogP contribution in [-0.4, -0.2) is 50.3 Å². The molecule has 182 valence electrons. The van der Waals surface area contributed by atoms with E-state index in [4.69, 9.17) is 26.4 Å². The molecule has 0 bridgehead atoms. The van der Waals surface area contributed by atoms with E-state index < -0.39 is 11.6 Å². The summed E-state index contributed by atoms with van der Waals surface area (Å²) >= 11 is 1.35. The molecule has 1 aliphatic heterocycles. The van der Waals surface area contributed by atoms with Gasteiger partial charge in [-0.3, -0.25) is 9.59 Å². The number of hydrogen-bond acceptors (Lipinski definition) is 10. The van der Waals surface area contributed by atoms with Crippen molar-refractivity contribution in [2.45, 2.75) is 49.4 Å². The summed E-state index contributed by atoms with van der Waals surface area (Å²) in [6.45, 7) is 5.29. The van der Waals surface area contributed by atoms with Gasteiger partial charge < -0.3 is 29.8 Å². The van der Waals surface area contributed by atoms with Crippen molar-refractivity contribution in [1.29, 1.82) is 0 Å². The van der Waals surface area contributed by atoms with Gasteiger partial charge in [-0.2, -0.15) is 0 Å². The molecule has 0 saturated carbocycles. The van der Waals surface area contributed by atoms with Crippen LogP contribution in [0.5, 0.6) is 11.5 Å². The number of hydrogen-bond donors (Lipinski definition) is 2. The maximum Gasteiger partial charge on any atom is 0.303 e. The monoisotopic (exact) mass is 496 g/mol. The number of nitrogens with two attached hydrogens (primary N) is 1. The van der Waals surface area contributed by atoms with E-state index >= 15 is 0 Å². The van der Waals surface area contributed by atoms with Crippen LogP contribution in [0.2, 0.25) is 0 Å². The lowest BCUT2D eigenvalue weighted by Gasteiger charge is -2.23. The number of anilines is 1. The van der Waals surface area contributed by atoms with Crippen LogP contribution in [-0.2, 0) is 20.9 Å². The van der Waals surface area contributed by atoms with Crippen molar-refractivity contribution in [3.05, 3.63) is 24.0 Å². The second-order valence-corrected chi connectivity index (χ2v) is 9.15. The Hall–Kier alpha value is -3.98. The SMILES string of the molecule is C#Cc1cc2c(cc1Sc1nc3c(N)ncnc3n1CCCNC(=O)C(C)(C)OC(C)=O)OCO2. The Morgan fingerprint density at radius 2 is 2.06 bits per heavy atom. The number of aromatic nitrogens is 4. The highest BCUT2D eigenvalue weighted by Crippen LogP contribution is 2.41. The number of nitrogens with one attached hydrogen (secondary N) is 1. The minimum Gasteiger partial charge on any atom is -0.454 e. The predicted octanol–water partition coefficient (Wildman–Crippen LogP) is 2.12. The van der Waals surface area contributed by atoms with Crippen molar-refractivity contribution in [2.24, 2.45) is 0 Å². The van der Waals surface area contributed by atoms with Gasteiger partial charge in [-0.05, 0) is 26.3 Å². The van der Waals surface area contributed by atoms with Gasteiger partial charge in [0.1, 0.15) is 6.33 Å². The van der Waals surface area contributed by atoms with Crippen LogP contribution in [0.3, 0.4) is 0 Å². The molecule has 0 unspecified atom stereocenters. The Balaban J connectivity index is 1.55. The minimum absolute atomic E-state index is 0.137. The Bertz CT molecular complexity index is 1350. The molecule has 12 heteroatoms. The minimum atomic E-state index is -1.26. The standard InChI is InChI=1S/C23H24N6O5S/c1-5-14-9-15-16(33-12-32-15)10-17(14)35-22-28-18-19(24)26-11-27-20(18)29(22)8-6-7-25-21(31)23(3,4)34-13(2)30/h1,9-11H,6-8,12H2,2-4H3,(H,25,31)(H2,24,26,27). The first-order valence-corrected chi connectivity index (χ1v) is 11.5. The zero-order valence-electron chi connectivity index (χ0n) is 19.5. The maximum atomic E-state index is 12.4. The summed E-state index contributed by atoms with van der Waals surface area (Å²) < 4.78 is 17.9. The van der Waals surface area contributed by atoms with Gasteiger partial charge >= 0.3 is 5.97 Å². The van der Waals surface area contributed by atoms with E-state index in [-0.39, 0.29) is 18.5 Å². The lowest BCUT2D eigenvalue weighted by Crippen LogP contribution is -2.45. The van der Waals surface area contributed by atoms with Gasteiger partial charge in [-0.25, -0.2) is 15.0 Å². The molecule has 3 N–H and O–H groups in total. The van der Waals surface area contributed by atoms with Crippen LogP contribution in [0.1, 0.15) is 32.8 Å². The first-order valence-electron chi connectivity index (χ1n) is 10.7. The molecule has 0 saturated heterocycles. The molecule has 1 aliphatic rings. The smallest absolute Gasteiger partial charge is 0.303 e. The summed E-state index contributed by atoms with van der Waals surface area (Å²) in [4.78, 5) is 37.4. The third kappa shape index (κ3) is 5.09. The lowest BCUT2D eigenvalue weighted by atomic mass is 10.1. The molecule has 35 heavy (non-hydrogen) atoms. The summed E-state index contributed by atoms with van der Waals surface area (Å²) in [6, 6.07) is 3.57. The number of terminal acetylenes is 1. The van der Waals surface area contributed by atoms with Crippen LogP contribution in [0, 0.1) is 12.3 Å². The molecule has 3 aromatic rings. The summed E-state index contributed by atoms with van der Waals surface area (Å²) in [5.41, 5.74) is 6.45. The zero-order valence-corrected chi connectivity index (χ0v) is 20.3. The molecular weight excluding hydrogens is 472 g/mol. The van der Waals surface area contributed by atoms with Crippen LogP contribution >= 0.6 is 11.8 Å². The number of ether oxygens (including phenoxy) is 3. The van der Waals surface area contributed by atoms with Crippen molar-refractivity contribution >= 4 is 40.6 Å². The van der Waals surface area contributed by atoms with Crippen LogP contribution in [0.4, 0.5) is 5.82 Å². The predicted molar refractivity (Wildman–Crippen MR) is 128 cm³/mol. The van der Waals surface area contributed by atoms with E-state index in [9.17, 15) is 9.59 Å². The maximum absolute atomic E-state index is 12.4. The molecule has 11 nitrogen and oxygen atoms in total. The van der Waals surface area contributed by atoms with Crippen LogP contribution in [0.15, 0.2) is 28.5 Å². The lowest BCUT2D eigenvalue weighted by molar-refractivity contribution is -0.162. The summed E-state index contributed by atoms with van der Waals surface area (Å²) in [5.74, 6) is 3.22. The molecule has 0 spiro atoms. The first kappa shape index (κ1) is 24.2. The number of esters is 1. The molecule has 2 aromatic heterocycles. The average molecular weight is 497 g/mol. The van der Waals surface area contributed by atoms with Crippen molar-refractivity contribution in [3.63, 3.8) is 0 Å². The molecule has 4 rings (SSSR count). The van der Waals surface area contributed by atoms with E-state index in [1.807, 2.05) is 10.6 Å². The number of imidazole rings is 1. The topological polar surface area (TPSA) is 143 Å². The average Bonchev–Trinajstić information content (AvgIpc) is 3.40. The Morgan fingerprint density at radius 1 is 1.31 bits per heavy atom. The second-order valence-electron chi connectivity index (χ2n) is 8.14. The van der Waals surface area contributed by atoms with Crippen molar-refractivity contribution < 1.29 is 23.8 Å². The third-order valence-corrected chi connectivity index (χ3v) is 6.20. The summed E-state index contributed by atoms with van der Waals surface area (Å²) in [6.07, 6.45) is 7.65. The molecule has 0 fully saturated rings. The Kier molecular flexibility index (Phi) is 6.70. The van der Waals surface area contributed by atoms with Gasteiger partial charge in [-0.1, -0.05) is 17.7 Å². The third-order valence-electron chi connectivity index (χ3n) is 5.15. The number of amides is 1. The molecule has 0 aliphatic carbocycles. The molecule has 0 atom stereocenters. The van der Waals surface area contributed by atoms with E-state index in [1.165, 1.54) is 38.9 Å². The van der Waals surface area contributed by atoms with Crippen molar-refractivity contribution in [1.82, 2.24) is 24.8 Å². The highest BCUT2D eigenvalue weighted by molar-refractivity contribution is 7.99. The van der Waals surface area contributed by atoms with E-state index in [0.717, 1.165) is 4.90 Å². The summed E-state index contributed by atoms with van der Waals surface area (Å²) in [5, 5.41) is 3.40. The van der Waals surface area contributed by atoms with E-state index in [2.05, 4.69) is 26.2 Å². The fourth-order valence-corrected chi connectivity index (χ4v) is 4.51. The summed E-state index contributed by atoms with van der Waals surface area (Å²) in [7, 11) is 0. The second kappa shape index (κ2) is 9.71. The normalized spacial score (nSPS) is 12.4. The largest absolute Gasteiger partial charge is 0.454 e. The highest BCUT2D eigenvalue weighted by Gasteiger charge is 2.30. The van der Waals surface area contributed by atoms with Gasteiger partial charge in [0, 0.05) is 36.5 Å². The number of carbonyl (C=O) groups is 2. The number of benzene rings is 1. The number of nitrogens with zero attached hydrogens (tertiary/aromatic N) is 4. The number of fused-ring (bicyclic) bond motifs is 2. The highest BCUT2D eigenvalue weighted by atomic mass is 32.2. The fourth-order valence-electron chi connectivity index (χ4n) is 3.49. The van der Waals surface area contributed by atoms with Crippen molar-refractivity contribution in [3.8, 4) is 23.8 Å². The molecule has 1 aromatic carbocycles. The van der Waals surface area contributed by atoms with E-state index in [0.29, 0.717) is 52.9 Å². The molecule has 3 heterocycles. The quantitative estimate of drug-likeness (QED) is 0.270. The van der Waals surface area contributed by atoms with Gasteiger partial charge in [0.25, 0.3) is 5.91 Å². The number of aryl methyl sites for hydroxylation is 1. The Labute approximate surface area is 205 Å². The first-order chi connectivity index (χ1) is 16.7. The van der Waals surface area contributed by atoms with Crippen molar-refractivity contribution in [2.75, 3.05) is 19.1 Å². The molecule has 1 amide bonds. The fraction of sp³-hybridized carbons (Fsp3) is 0.348. The number of rotatable bonds is 8. The van der Waals surface area contributed by atoms with Crippen LogP contribution < -0.4 is 20.5 Å². The van der Waals surface area contributed by atoms with E-state index in [1.54, 1.807) is 6.07 Å². The van der Waals surface area contributed by atoms with Gasteiger partial charge in [0.05, 0.1) is 0 Å². The van der Waals surface area contributed by atoms with Gasteiger partial charge in [0.15, 0.2) is 39.2 Å². The van der Waals surface area contributed by atoms with Gasteiger partial charge in [0.2, 0.25) is 6.79 Å². The zero-order chi connectivity index (χ0) is 25.2. The Morgan fingerprint density at radius 3 is 2.77 bits per heavy atom. The van der Waals surface area contributed by atoms with Crippen LogP contribution in [0.25, 0.3) is 11.2 Å². The molecule has 0 radical (unpaired) electrons. The number of nitrogen functional groups attached to an aromatic ring is 1. The number of carbonyl (C=O) groups excluding carboxylic acids is 2. The molecular formula is C23H24N6O5S.